The number of anilines is 1. The topological polar surface area (TPSA) is 71.2 Å². The molecular formula is C14H20N4O. The number of pyridine rings is 1. The van der Waals surface area contributed by atoms with Gasteiger partial charge in [-0.05, 0) is 50.9 Å². The molecule has 3 fully saturated rings. The fraction of sp³-hybridized carbons (Fsp3) is 0.571. The molecule has 0 spiro atoms. The van der Waals surface area contributed by atoms with Gasteiger partial charge in [-0.2, -0.15) is 0 Å². The third-order valence-corrected chi connectivity index (χ3v) is 4.21. The number of carbonyl (C=O) groups excluding carboxylic acids is 1. The quantitative estimate of drug-likeness (QED) is 0.825. The SMILES string of the molecule is Cc1cc(C(=O)NC2CN3CCC2CC3)cc(N)n1. The number of hydrogen-bond donors (Lipinski definition) is 2. The number of fused-ring (bicyclic) bond motifs is 3. The maximum atomic E-state index is 12.3. The van der Waals surface area contributed by atoms with Gasteiger partial charge < -0.3 is 16.0 Å². The van der Waals surface area contributed by atoms with Gasteiger partial charge >= 0.3 is 0 Å². The highest BCUT2D eigenvalue weighted by molar-refractivity contribution is 5.95. The predicted octanol–water partition coefficient (Wildman–Crippen LogP) is 0.796. The van der Waals surface area contributed by atoms with Gasteiger partial charge in [0, 0.05) is 23.8 Å². The smallest absolute Gasteiger partial charge is 0.251 e. The molecule has 102 valence electrons. The average Bonchev–Trinajstić information content (AvgIpc) is 2.39. The summed E-state index contributed by atoms with van der Waals surface area (Å²) in [6.45, 7) is 5.19. The number of hydrogen-bond acceptors (Lipinski definition) is 4. The molecule has 1 aromatic rings. The third-order valence-electron chi connectivity index (χ3n) is 4.21. The van der Waals surface area contributed by atoms with Crippen molar-refractivity contribution in [3.63, 3.8) is 0 Å². The van der Waals surface area contributed by atoms with E-state index in [1.165, 1.54) is 25.9 Å². The van der Waals surface area contributed by atoms with Crippen molar-refractivity contribution >= 4 is 11.7 Å². The van der Waals surface area contributed by atoms with Gasteiger partial charge in [-0.15, -0.1) is 0 Å². The first-order valence-electron chi connectivity index (χ1n) is 6.89. The number of rotatable bonds is 2. The minimum atomic E-state index is -0.0315. The van der Waals surface area contributed by atoms with Crippen LogP contribution in [0.25, 0.3) is 0 Å². The van der Waals surface area contributed by atoms with Crippen LogP contribution in [0.5, 0.6) is 0 Å². The van der Waals surface area contributed by atoms with Crippen molar-refractivity contribution in [2.45, 2.75) is 25.8 Å². The predicted molar refractivity (Wildman–Crippen MR) is 73.8 cm³/mol. The van der Waals surface area contributed by atoms with E-state index in [0.29, 0.717) is 17.3 Å². The summed E-state index contributed by atoms with van der Waals surface area (Å²) >= 11 is 0. The lowest BCUT2D eigenvalue weighted by atomic mass is 9.84. The second-order valence-electron chi connectivity index (χ2n) is 5.64. The molecule has 4 rings (SSSR count). The molecule has 0 aliphatic carbocycles. The summed E-state index contributed by atoms with van der Waals surface area (Å²) in [7, 11) is 0. The first kappa shape index (κ1) is 12.4. The minimum Gasteiger partial charge on any atom is -0.384 e. The molecule has 1 amide bonds. The Morgan fingerprint density at radius 1 is 1.42 bits per heavy atom. The van der Waals surface area contributed by atoms with E-state index in [1.54, 1.807) is 12.1 Å². The Balaban J connectivity index is 1.71. The largest absolute Gasteiger partial charge is 0.384 e. The van der Waals surface area contributed by atoms with Crippen LogP contribution in [0.4, 0.5) is 5.82 Å². The molecule has 0 aromatic carbocycles. The van der Waals surface area contributed by atoms with Crippen LogP contribution in [0, 0.1) is 12.8 Å². The summed E-state index contributed by atoms with van der Waals surface area (Å²) in [6, 6.07) is 3.71. The highest BCUT2D eigenvalue weighted by Gasteiger charge is 2.34. The van der Waals surface area contributed by atoms with Gasteiger partial charge in [-0.1, -0.05) is 0 Å². The number of nitrogens with two attached hydrogens (primary N) is 1. The highest BCUT2D eigenvalue weighted by Crippen LogP contribution is 2.27. The lowest BCUT2D eigenvalue weighted by molar-refractivity contribution is 0.0620. The van der Waals surface area contributed by atoms with Crippen molar-refractivity contribution in [2.24, 2.45) is 5.92 Å². The van der Waals surface area contributed by atoms with Crippen LogP contribution in [0.2, 0.25) is 0 Å². The molecule has 5 nitrogen and oxygen atoms in total. The summed E-state index contributed by atoms with van der Waals surface area (Å²) in [5.74, 6) is 1.00. The fourth-order valence-electron chi connectivity index (χ4n) is 3.21. The van der Waals surface area contributed by atoms with Gasteiger partial charge in [0.1, 0.15) is 5.82 Å². The Bertz CT molecular complexity index is 474. The number of aromatic nitrogens is 1. The van der Waals surface area contributed by atoms with Crippen LogP contribution >= 0.6 is 0 Å². The number of nitrogens with zero attached hydrogens (tertiary/aromatic N) is 2. The Morgan fingerprint density at radius 2 is 2.16 bits per heavy atom. The van der Waals surface area contributed by atoms with Crippen molar-refractivity contribution < 1.29 is 4.79 Å². The number of aryl methyl sites for hydroxylation is 1. The van der Waals surface area contributed by atoms with Crippen molar-refractivity contribution in [1.29, 1.82) is 0 Å². The van der Waals surface area contributed by atoms with E-state index in [4.69, 9.17) is 5.73 Å². The Kier molecular flexibility index (Phi) is 3.14. The van der Waals surface area contributed by atoms with Gasteiger partial charge in [-0.3, -0.25) is 4.79 Å². The molecule has 4 heterocycles. The van der Waals surface area contributed by atoms with Crippen molar-refractivity contribution in [2.75, 3.05) is 25.4 Å². The standard InChI is InChI=1S/C14H20N4O/c1-9-6-11(7-13(15)16-9)14(19)17-12-8-18-4-2-10(12)3-5-18/h6-7,10,12H,2-5,8H2,1H3,(H2,15,16)(H,17,19). The van der Waals surface area contributed by atoms with E-state index >= 15 is 0 Å². The van der Waals surface area contributed by atoms with Gasteiger partial charge in [0.25, 0.3) is 5.91 Å². The zero-order valence-corrected chi connectivity index (χ0v) is 11.2. The summed E-state index contributed by atoms with van der Waals surface area (Å²) in [5.41, 5.74) is 7.08. The molecule has 5 heteroatoms. The maximum Gasteiger partial charge on any atom is 0.251 e. The molecule has 3 saturated heterocycles. The molecule has 19 heavy (non-hydrogen) atoms. The van der Waals surface area contributed by atoms with E-state index in [2.05, 4.69) is 15.2 Å². The van der Waals surface area contributed by atoms with Crippen LogP contribution in [0.1, 0.15) is 28.9 Å². The molecule has 1 aromatic heterocycles. The van der Waals surface area contributed by atoms with Gasteiger partial charge in [0.15, 0.2) is 0 Å². The van der Waals surface area contributed by atoms with E-state index < -0.39 is 0 Å². The maximum absolute atomic E-state index is 12.3. The van der Waals surface area contributed by atoms with E-state index in [9.17, 15) is 4.79 Å². The average molecular weight is 260 g/mol. The Labute approximate surface area is 113 Å². The monoisotopic (exact) mass is 260 g/mol. The summed E-state index contributed by atoms with van der Waals surface area (Å²) in [4.78, 5) is 18.8. The summed E-state index contributed by atoms with van der Waals surface area (Å²) in [5, 5.41) is 3.16. The number of nitrogen functional groups attached to an aromatic ring is 1. The molecular weight excluding hydrogens is 240 g/mol. The third kappa shape index (κ3) is 2.56. The molecule has 3 N–H and O–H groups in total. The van der Waals surface area contributed by atoms with E-state index in [1.807, 2.05) is 6.92 Å². The lowest BCUT2D eigenvalue weighted by Gasteiger charge is -2.44. The first-order chi connectivity index (χ1) is 9.11. The van der Waals surface area contributed by atoms with Gasteiger partial charge in [0.05, 0.1) is 0 Å². The van der Waals surface area contributed by atoms with Crippen molar-refractivity contribution in [1.82, 2.24) is 15.2 Å². The normalized spacial score (nSPS) is 29.2. The first-order valence-corrected chi connectivity index (χ1v) is 6.89. The second kappa shape index (κ2) is 4.81. The van der Waals surface area contributed by atoms with Crippen LogP contribution in [0.3, 0.4) is 0 Å². The molecule has 1 atom stereocenters. The van der Waals surface area contributed by atoms with Gasteiger partial charge in [-0.25, -0.2) is 4.98 Å². The number of piperidine rings is 3. The highest BCUT2D eigenvalue weighted by atomic mass is 16.1. The second-order valence-corrected chi connectivity index (χ2v) is 5.64. The van der Waals surface area contributed by atoms with E-state index in [-0.39, 0.29) is 11.9 Å². The zero-order chi connectivity index (χ0) is 13.4. The van der Waals surface area contributed by atoms with E-state index in [0.717, 1.165) is 12.2 Å². The molecule has 3 aliphatic rings. The molecule has 0 saturated carbocycles. The van der Waals surface area contributed by atoms with Crippen molar-refractivity contribution in [3.05, 3.63) is 23.4 Å². The molecule has 2 bridgehead atoms. The Morgan fingerprint density at radius 3 is 2.74 bits per heavy atom. The summed E-state index contributed by atoms with van der Waals surface area (Å²) < 4.78 is 0. The van der Waals surface area contributed by atoms with Crippen LogP contribution in [-0.2, 0) is 0 Å². The zero-order valence-electron chi connectivity index (χ0n) is 11.2. The minimum absolute atomic E-state index is 0.0315. The molecule has 1 unspecified atom stereocenters. The van der Waals surface area contributed by atoms with Crippen LogP contribution in [-0.4, -0.2) is 41.5 Å². The summed E-state index contributed by atoms with van der Waals surface area (Å²) in [6.07, 6.45) is 2.39. The number of nitrogens with one attached hydrogen (secondary N) is 1. The Hall–Kier alpha value is -1.62. The fourth-order valence-corrected chi connectivity index (χ4v) is 3.21. The molecule has 0 radical (unpaired) electrons. The van der Waals surface area contributed by atoms with Crippen molar-refractivity contribution in [3.8, 4) is 0 Å². The van der Waals surface area contributed by atoms with Crippen LogP contribution in [0.15, 0.2) is 12.1 Å². The molecule has 3 aliphatic heterocycles. The number of carbonyl (C=O) groups is 1. The van der Waals surface area contributed by atoms with Crippen LogP contribution < -0.4 is 11.1 Å². The van der Waals surface area contributed by atoms with Gasteiger partial charge in [0.2, 0.25) is 0 Å². The lowest BCUT2D eigenvalue weighted by Crippen LogP contribution is -2.57. The number of amides is 1.